The van der Waals surface area contributed by atoms with Gasteiger partial charge in [0.25, 0.3) is 0 Å². The second-order valence-corrected chi connectivity index (χ2v) is 6.28. The molecule has 0 bridgehead atoms. The summed E-state index contributed by atoms with van der Waals surface area (Å²) >= 11 is 0. The first kappa shape index (κ1) is 17.1. The molecule has 0 fully saturated rings. The molecule has 3 nitrogen and oxygen atoms in total. The van der Waals surface area contributed by atoms with Crippen molar-refractivity contribution in [3.8, 4) is 0 Å². The van der Waals surface area contributed by atoms with Crippen LogP contribution in [0.15, 0.2) is 48.5 Å². The average molecular weight is 310 g/mol. The van der Waals surface area contributed by atoms with Crippen molar-refractivity contribution >= 4 is 23.0 Å². The van der Waals surface area contributed by atoms with E-state index in [1.54, 1.807) is 0 Å². The molecule has 23 heavy (non-hydrogen) atoms. The quantitative estimate of drug-likeness (QED) is 0.801. The number of amides is 1. The Kier molecular flexibility index (Phi) is 5.80. The maximum Gasteiger partial charge on any atom is 0.224 e. The van der Waals surface area contributed by atoms with Gasteiger partial charge in [0.15, 0.2) is 0 Å². The van der Waals surface area contributed by atoms with Gasteiger partial charge in [-0.25, -0.2) is 0 Å². The molecular formula is C20H26N2O. The number of hydrogen-bond donors (Lipinski definition) is 1. The molecule has 0 unspecified atom stereocenters. The van der Waals surface area contributed by atoms with Crippen molar-refractivity contribution in [1.29, 1.82) is 0 Å². The number of carbonyl (C=O) groups excluding carboxylic acids is 1. The van der Waals surface area contributed by atoms with E-state index in [-0.39, 0.29) is 5.91 Å². The third kappa shape index (κ3) is 4.85. The predicted molar refractivity (Wildman–Crippen MR) is 98.4 cm³/mol. The summed E-state index contributed by atoms with van der Waals surface area (Å²) in [6.07, 6.45) is 0.548. The van der Waals surface area contributed by atoms with Gasteiger partial charge in [0.2, 0.25) is 5.91 Å². The van der Waals surface area contributed by atoms with Crippen molar-refractivity contribution < 1.29 is 4.79 Å². The summed E-state index contributed by atoms with van der Waals surface area (Å²) in [6.45, 7) is 9.22. The molecule has 1 amide bonds. The van der Waals surface area contributed by atoms with Gasteiger partial charge in [-0.1, -0.05) is 26.0 Å². The monoisotopic (exact) mass is 310 g/mol. The largest absolute Gasteiger partial charge is 0.342 e. The van der Waals surface area contributed by atoms with Gasteiger partial charge in [-0.2, -0.15) is 0 Å². The molecule has 0 aliphatic rings. The van der Waals surface area contributed by atoms with Gasteiger partial charge >= 0.3 is 0 Å². The van der Waals surface area contributed by atoms with Crippen LogP contribution in [0, 0.1) is 12.8 Å². The van der Waals surface area contributed by atoms with Crippen LogP contribution in [-0.4, -0.2) is 12.5 Å². The number of nitrogens with zero attached hydrogens (tertiary/aromatic N) is 1. The van der Waals surface area contributed by atoms with E-state index in [0.29, 0.717) is 12.3 Å². The smallest absolute Gasteiger partial charge is 0.224 e. The zero-order chi connectivity index (χ0) is 16.8. The first-order valence-corrected chi connectivity index (χ1v) is 8.23. The van der Waals surface area contributed by atoms with E-state index < -0.39 is 0 Å². The van der Waals surface area contributed by atoms with Crippen LogP contribution >= 0.6 is 0 Å². The number of rotatable bonds is 6. The normalized spacial score (nSPS) is 10.7. The van der Waals surface area contributed by atoms with Crippen LogP contribution in [0.4, 0.5) is 17.1 Å². The minimum absolute atomic E-state index is 0.0683. The lowest BCUT2D eigenvalue weighted by molar-refractivity contribution is -0.116. The van der Waals surface area contributed by atoms with E-state index in [4.69, 9.17) is 0 Å². The van der Waals surface area contributed by atoms with Crippen LogP contribution in [0.25, 0.3) is 0 Å². The molecule has 1 N–H and O–H groups in total. The zero-order valence-electron chi connectivity index (χ0n) is 14.5. The summed E-state index contributed by atoms with van der Waals surface area (Å²) in [4.78, 5) is 14.1. The number of carbonyl (C=O) groups is 1. The van der Waals surface area contributed by atoms with Crippen LogP contribution in [0.2, 0.25) is 0 Å². The molecule has 0 radical (unpaired) electrons. The van der Waals surface area contributed by atoms with Gasteiger partial charge in [-0.15, -0.1) is 0 Å². The van der Waals surface area contributed by atoms with Crippen molar-refractivity contribution in [1.82, 2.24) is 0 Å². The molecule has 0 aromatic heterocycles. The summed E-state index contributed by atoms with van der Waals surface area (Å²) < 4.78 is 0. The molecule has 2 aromatic rings. The Morgan fingerprint density at radius 1 is 1.09 bits per heavy atom. The lowest BCUT2D eigenvalue weighted by atomic mass is 10.1. The lowest BCUT2D eigenvalue weighted by Gasteiger charge is -2.24. The first-order valence-electron chi connectivity index (χ1n) is 8.23. The van der Waals surface area contributed by atoms with Crippen molar-refractivity contribution in [3.05, 3.63) is 54.1 Å². The van der Waals surface area contributed by atoms with Gasteiger partial charge in [0.1, 0.15) is 0 Å². The fraction of sp³-hybridized carbons (Fsp3) is 0.350. The summed E-state index contributed by atoms with van der Waals surface area (Å²) in [5, 5.41) is 2.95. The SMILES string of the molecule is CCN(c1ccc(NC(=O)CC(C)C)cc1)c1cccc(C)c1. The Morgan fingerprint density at radius 3 is 2.35 bits per heavy atom. The topological polar surface area (TPSA) is 32.3 Å². The maximum absolute atomic E-state index is 11.8. The highest BCUT2D eigenvalue weighted by molar-refractivity contribution is 5.91. The fourth-order valence-corrected chi connectivity index (χ4v) is 2.62. The molecule has 0 saturated heterocycles. The molecule has 0 atom stereocenters. The standard InChI is InChI=1S/C20H26N2O/c1-5-22(19-8-6-7-16(4)14-19)18-11-9-17(10-12-18)21-20(23)13-15(2)3/h6-12,14-15H,5,13H2,1-4H3,(H,21,23). The van der Waals surface area contributed by atoms with Gasteiger partial charge in [-0.05, 0) is 61.7 Å². The van der Waals surface area contributed by atoms with Gasteiger partial charge in [0.05, 0.1) is 0 Å². The number of anilines is 3. The Bertz CT molecular complexity index is 647. The highest BCUT2D eigenvalue weighted by Crippen LogP contribution is 2.27. The molecule has 0 saturated carbocycles. The average Bonchev–Trinajstić information content (AvgIpc) is 2.49. The second kappa shape index (κ2) is 7.82. The number of aryl methyl sites for hydroxylation is 1. The summed E-state index contributed by atoms with van der Waals surface area (Å²) in [6, 6.07) is 16.5. The molecule has 2 rings (SSSR count). The molecule has 0 aliphatic carbocycles. The van der Waals surface area contributed by atoms with Crippen LogP contribution in [-0.2, 0) is 4.79 Å². The second-order valence-electron chi connectivity index (χ2n) is 6.28. The molecule has 0 aliphatic heterocycles. The van der Waals surface area contributed by atoms with E-state index in [0.717, 1.165) is 17.9 Å². The van der Waals surface area contributed by atoms with Crippen LogP contribution in [0.5, 0.6) is 0 Å². The number of hydrogen-bond acceptors (Lipinski definition) is 2. The van der Waals surface area contributed by atoms with E-state index in [1.807, 2.05) is 26.0 Å². The maximum atomic E-state index is 11.8. The summed E-state index contributed by atoms with van der Waals surface area (Å²) in [5.74, 6) is 0.435. The number of nitrogens with one attached hydrogen (secondary N) is 1. The zero-order valence-corrected chi connectivity index (χ0v) is 14.5. The van der Waals surface area contributed by atoms with Crippen molar-refractivity contribution in [3.63, 3.8) is 0 Å². The Labute approximate surface area is 139 Å². The van der Waals surface area contributed by atoms with E-state index in [1.165, 1.54) is 11.3 Å². The fourth-order valence-electron chi connectivity index (χ4n) is 2.62. The van der Waals surface area contributed by atoms with E-state index in [2.05, 4.69) is 60.5 Å². The van der Waals surface area contributed by atoms with Crippen LogP contribution in [0.3, 0.4) is 0 Å². The molecule has 122 valence electrons. The molecule has 2 aromatic carbocycles. The Hall–Kier alpha value is -2.29. The first-order chi connectivity index (χ1) is 11.0. The molecule has 0 heterocycles. The summed E-state index contributed by atoms with van der Waals surface area (Å²) in [7, 11) is 0. The third-order valence-corrected chi connectivity index (χ3v) is 3.69. The summed E-state index contributed by atoms with van der Waals surface area (Å²) in [5.41, 5.74) is 4.40. The molecule has 3 heteroatoms. The van der Waals surface area contributed by atoms with E-state index in [9.17, 15) is 4.79 Å². The van der Waals surface area contributed by atoms with Crippen LogP contribution < -0.4 is 10.2 Å². The third-order valence-electron chi connectivity index (χ3n) is 3.69. The Morgan fingerprint density at radius 2 is 1.78 bits per heavy atom. The van der Waals surface area contributed by atoms with Crippen molar-refractivity contribution in [2.45, 2.75) is 34.1 Å². The van der Waals surface area contributed by atoms with Crippen molar-refractivity contribution in [2.75, 3.05) is 16.8 Å². The minimum Gasteiger partial charge on any atom is -0.342 e. The number of benzene rings is 2. The van der Waals surface area contributed by atoms with Gasteiger partial charge < -0.3 is 10.2 Å². The van der Waals surface area contributed by atoms with Gasteiger partial charge in [0, 0.05) is 30.0 Å². The minimum atomic E-state index is 0.0683. The highest BCUT2D eigenvalue weighted by Gasteiger charge is 2.09. The predicted octanol–water partition coefficient (Wildman–Crippen LogP) is 5.14. The van der Waals surface area contributed by atoms with E-state index >= 15 is 0 Å². The van der Waals surface area contributed by atoms with Gasteiger partial charge in [-0.3, -0.25) is 4.79 Å². The van der Waals surface area contributed by atoms with Crippen molar-refractivity contribution in [2.24, 2.45) is 5.92 Å². The lowest BCUT2D eigenvalue weighted by Crippen LogP contribution is -2.16. The Balaban J connectivity index is 2.12. The van der Waals surface area contributed by atoms with Crippen LogP contribution in [0.1, 0.15) is 32.8 Å². The molecule has 0 spiro atoms. The highest BCUT2D eigenvalue weighted by atomic mass is 16.1. The molecular weight excluding hydrogens is 284 g/mol.